The second kappa shape index (κ2) is 6.09. The number of hydrogen-bond donors (Lipinski definition) is 1. The summed E-state index contributed by atoms with van der Waals surface area (Å²) >= 11 is 1.72. The smallest absolute Gasteiger partial charge is 0.241 e. The number of rotatable bonds is 5. The molecular formula is C17H28N2OS. The number of carbonyl (C=O) groups is 1. The van der Waals surface area contributed by atoms with Crippen LogP contribution in [0.5, 0.6) is 0 Å². The second-order valence-electron chi connectivity index (χ2n) is 7.42. The van der Waals surface area contributed by atoms with Gasteiger partial charge in [-0.1, -0.05) is 47.6 Å². The van der Waals surface area contributed by atoms with Crippen molar-refractivity contribution in [2.75, 3.05) is 6.54 Å². The first-order chi connectivity index (χ1) is 9.74. The van der Waals surface area contributed by atoms with Crippen molar-refractivity contribution in [3.05, 3.63) is 22.4 Å². The number of nitrogens with one attached hydrogen (secondary N) is 1. The minimum atomic E-state index is -0.0694. The van der Waals surface area contributed by atoms with Gasteiger partial charge in [-0.05, 0) is 28.7 Å². The van der Waals surface area contributed by atoms with E-state index in [1.165, 1.54) is 4.88 Å². The normalized spacial score (nSPS) is 23.6. The van der Waals surface area contributed by atoms with Gasteiger partial charge in [0.05, 0.1) is 6.04 Å². The molecule has 1 fully saturated rings. The summed E-state index contributed by atoms with van der Waals surface area (Å²) in [5, 5.41) is 5.62. The Morgan fingerprint density at radius 3 is 2.48 bits per heavy atom. The highest BCUT2D eigenvalue weighted by molar-refractivity contribution is 7.10. The Bertz CT molecular complexity index is 479. The van der Waals surface area contributed by atoms with E-state index in [-0.39, 0.29) is 23.5 Å². The molecule has 0 bridgehead atoms. The minimum absolute atomic E-state index is 0.0305. The Morgan fingerprint density at radius 1 is 1.33 bits per heavy atom. The number of amides is 1. The maximum absolute atomic E-state index is 12.8. The standard InChI is InChI=1S/C17H28N2OS/c1-11(2)14-16(20)19(10-17(5,6)12(3)4)15(18-14)13-8-7-9-21-13/h7-9,11-12,14-15,18H,10H2,1-6H3. The largest absolute Gasteiger partial charge is 0.320 e. The lowest BCUT2D eigenvalue weighted by Gasteiger charge is -2.36. The monoisotopic (exact) mass is 308 g/mol. The summed E-state index contributed by atoms with van der Waals surface area (Å²) in [6.45, 7) is 14.0. The Hall–Kier alpha value is -0.870. The van der Waals surface area contributed by atoms with Gasteiger partial charge < -0.3 is 4.90 Å². The summed E-state index contributed by atoms with van der Waals surface area (Å²) in [6.07, 6.45) is 0.0305. The predicted octanol–water partition coefficient (Wildman–Crippen LogP) is 3.89. The first-order valence-electron chi connectivity index (χ1n) is 7.84. The van der Waals surface area contributed by atoms with Crippen LogP contribution in [0.25, 0.3) is 0 Å². The van der Waals surface area contributed by atoms with Crippen LogP contribution in [0.1, 0.15) is 52.6 Å². The van der Waals surface area contributed by atoms with Crippen LogP contribution in [0, 0.1) is 17.3 Å². The third-order valence-corrected chi connectivity index (χ3v) is 5.74. The van der Waals surface area contributed by atoms with Crippen molar-refractivity contribution < 1.29 is 4.79 Å². The maximum atomic E-state index is 12.8. The summed E-state index contributed by atoms with van der Waals surface area (Å²) in [5.41, 5.74) is 0.110. The Labute approximate surface area is 132 Å². The molecule has 118 valence electrons. The molecule has 0 radical (unpaired) electrons. The highest BCUT2D eigenvalue weighted by atomic mass is 32.1. The van der Waals surface area contributed by atoms with Crippen LogP contribution in [0.3, 0.4) is 0 Å². The second-order valence-corrected chi connectivity index (χ2v) is 8.40. The number of hydrogen-bond acceptors (Lipinski definition) is 3. The molecule has 2 unspecified atom stereocenters. The van der Waals surface area contributed by atoms with Crippen LogP contribution in [-0.4, -0.2) is 23.4 Å². The molecule has 21 heavy (non-hydrogen) atoms. The van der Waals surface area contributed by atoms with Gasteiger partial charge in [-0.2, -0.15) is 0 Å². The molecule has 1 aromatic rings. The molecule has 2 rings (SSSR count). The third-order valence-electron chi connectivity index (χ3n) is 4.82. The van der Waals surface area contributed by atoms with Gasteiger partial charge in [0.1, 0.15) is 6.17 Å². The van der Waals surface area contributed by atoms with Gasteiger partial charge in [-0.15, -0.1) is 11.3 Å². The molecule has 2 heterocycles. The van der Waals surface area contributed by atoms with Crippen LogP contribution in [0.15, 0.2) is 17.5 Å². The van der Waals surface area contributed by atoms with Crippen LogP contribution in [0.2, 0.25) is 0 Å². The van der Waals surface area contributed by atoms with Crippen LogP contribution in [0.4, 0.5) is 0 Å². The summed E-state index contributed by atoms with van der Waals surface area (Å²) in [7, 11) is 0. The van der Waals surface area contributed by atoms with Crippen molar-refractivity contribution in [2.45, 2.75) is 53.8 Å². The lowest BCUT2D eigenvalue weighted by Crippen LogP contribution is -2.41. The average molecular weight is 308 g/mol. The fourth-order valence-electron chi connectivity index (χ4n) is 2.59. The van der Waals surface area contributed by atoms with E-state index in [2.05, 4.69) is 69.3 Å². The quantitative estimate of drug-likeness (QED) is 0.895. The topological polar surface area (TPSA) is 32.3 Å². The van der Waals surface area contributed by atoms with E-state index in [0.717, 1.165) is 6.54 Å². The van der Waals surface area contributed by atoms with E-state index in [1.807, 2.05) is 0 Å². The maximum Gasteiger partial charge on any atom is 0.241 e. The molecule has 1 aliphatic heterocycles. The Morgan fingerprint density at radius 2 is 2.00 bits per heavy atom. The molecule has 1 amide bonds. The molecule has 1 saturated heterocycles. The fourth-order valence-corrected chi connectivity index (χ4v) is 3.38. The highest BCUT2D eigenvalue weighted by Gasteiger charge is 2.43. The SMILES string of the molecule is CC(C)C1NC(c2cccs2)N(CC(C)(C)C(C)C)C1=O. The lowest BCUT2D eigenvalue weighted by atomic mass is 9.80. The molecular weight excluding hydrogens is 280 g/mol. The van der Waals surface area contributed by atoms with Crippen molar-refractivity contribution in [1.82, 2.24) is 10.2 Å². The van der Waals surface area contributed by atoms with Gasteiger partial charge in [0.2, 0.25) is 5.91 Å². The molecule has 0 aromatic carbocycles. The van der Waals surface area contributed by atoms with Crippen molar-refractivity contribution in [1.29, 1.82) is 0 Å². The van der Waals surface area contributed by atoms with Crippen LogP contribution >= 0.6 is 11.3 Å². The van der Waals surface area contributed by atoms with Gasteiger partial charge in [-0.3, -0.25) is 10.1 Å². The molecule has 0 aliphatic carbocycles. The summed E-state index contributed by atoms with van der Waals surface area (Å²) in [4.78, 5) is 16.1. The van der Waals surface area contributed by atoms with E-state index in [9.17, 15) is 4.79 Å². The zero-order valence-corrected chi connectivity index (χ0v) is 14.8. The van der Waals surface area contributed by atoms with E-state index in [4.69, 9.17) is 0 Å². The lowest BCUT2D eigenvalue weighted by molar-refractivity contribution is -0.132. The molecule has 1 aromatic heterocycles. The van der Waals surface area contributed by atoms with Crippen molar-refractivity contribution in [2.24, 2.45) is 17.3 Å². The van der Waals surface area contributed by atoms with Crippen LogP contribution in [-0.2, 0) is 4.79 Å². The van der Waals surface area contributed by atoms with E-state index in [0.29, 0.717) is 11.8 Å². The zero-order chi connectivity index (χ0) is 15.8. The molecule has 1 aliphatic rings. The van der Waals surface area contributed by atoms with Gasteiger partial charge in [-0.25, -0.2) is 0 Å². The van der Waals surface area contributed by atoms with Crippen molar-refractivity contribution in [3.63, 3.8) is 0 Å². The summed E-state index contributed by atoms with van der Waals surface area (Å²) in [6, 6.07) is 4.11. The Kier molecular flexibility index (Phi) is 4.79. The molecule has 1 N–H and O–H groups in total. The van der Waals surface area contributed by atoms with Crippen molar-refractivity contribution in [3.8, 4) is 0 Å². The summed E-state index contributed by atoms with van der Waals surface area (Å²) < 4.78 is 0. The van der Waals surface area contributed by atoms with Gasteiger partial charge in [0, 0.05) is 11.4 Å². The van der Waals surface area contributed by atoms with E-state index >= 15 is 0 Å². The summed E-state index contributed by atoms with van der Waals surface area (Å²) in [5.74, 6) is 1.09. The molecule has 2 atom stereocenters. The highest BCUT2D eigenvalue weighted by Crippen LogP contribution is 2.35. The number of nitrogens with zero attached hydrogens (tertiary/aromatic N) is 1. The predicted molar refractivity (Wildman–Crippen MR) is 89.2 cm³/mol. The van der Waals surface area contributed by atoms with Gasteiger partial charge in [0.15, 0.2) is 0 Å². The van der Waals surface area contributed by atoms with Crippen molar-refractivity contribution >= 4 is 17.2 Å². The Balaban J connectivity index is 2.27. The first-order valence-corrected chi connectivity index (χ1v) is 8.72. The first kappa shape index (κ1) is 16.5. The van der Waals surface area contributed by atoms with Gasteiger partial charge in [0.25, 0.3) is 0 Å². The van der Waals surface area contributed by atoms with Crippen LogP contribution < -0.4 is 5.32 Å². The van der Waals surface area contributed by atoms with E-state index in [1.54, 1.807) is 11.3 Å². The zero-order valence-electron chi connectivity index (χ0n) is 14.0. The van der Waals surface area contributed by atoms with Gasteiger partial charge >= 0.3 is 0 Å². The molecule has 0 saturated carbocycles. The third kappa shape index (κ3) is 3.32. The van der Waals surface area contributed by atoms with E-state index < -0.39 is 0 Å². The molecule has 0 spiro atoms. The fraction of sp³-hybridized carbons (Fsp3) is 0.706. The average Bonchev–Trinajstić information content (AvgIpc) is 2.98. The molecule has 3 nitrogen and oxygen atoms in total. The minimum Gasteiger partial charge on any atom is -0.320 e. The number of carbonyl (C=O) groups excluding carboxylic acids is 1. The molecule has 4 heteroatoms. The number of thiophene rings is 1.